The lowest BCUT2D eigenvalue weighted by molar-refractivity contribution is -0.0157. The van der Waals surface area contributed by atoms with Crippen molar-refractivity contribution in [3.63, 3.8) is 0 Å². The molecule has 1 aromatic carbocycles. The number of carbonyl (C=O) groups excluding carboxylic acids is 1. The number of benzene rings is 1. The Morgan fingerprint density at radius 1 is 1.24 bits per heavy atom. The highest BCUT2D eigenvalue weighted by Gasteiger charge is 2.45. The molecule has 3 nitrogen and oxygen atoms in total. The van der Waals surface area contributed by atoms with E-state index in [-0.39, 0.29) is 11.6 Å². The standard InChI is InChI=1S/C14H17NO2/c1-15-9-4-7-14(8-10-15)12-6-3-2-5-11(12)13(16)17-14/h2-3,5-6H,4,7-10H2,1H3. The van der Waals surface area contributed by atoms with E-state index in [1.165, 1.54) is 0 Å². The Hall–Kier alpha value is -1.35. The van der Waals surface area contributed by atoms with Crippen molar-refractivity contribution in [3.8, 4) is 0 Å². The zero-order valence-electron chi connectivity index (χ0n) is 10.1. The van der Waals surface area contributed by atoms with Gasteiger partial charge in [-0.1, -0.05) is 18.2 Å². The summed E-state index contributed by atoms with van der Waals surface area (Å²) in [6.07, 6.45) is 2.93. The average Bonchev–Trinajstić information content (AvgIpc) is 2.48. The fourth-order valence-electron chi connectivity index (χ4n) is 2.96. The number of rotatable bonds is 0. The summed E-state index contributed by atoms with van der Waals surface area (Å²) in [5.74, 6) is -0.148. The Labute approximate surface area is 101 Å². The summed E-state index contributed by atoms with van der Waals surface area (Å²) in [6, 6.07) is 7.83. The molecule has 17 heavy (non-hydrogen) atoms. The quantitative estimate of drug-likeness (QED) is 0.641. The molecule has 0 amide bonds. The van der Waals surface area contributed by atoms with E-state index < -0.39 is 0 Å². The maximum atomic E-state index is 11.9. The highest BCUT2D eigenvalue weighted by Crippen LogP contribution is 2.43. The molecule has 3 rings (SSSR count). The highest BCUT2D eigenvalue weighted by atomic mass is 16.6. The normalized spacial score (nSPS) is 28.9. The lowest BCUT2D eigenvalue weighted by Crippen LogP contribution is -2.28. The molecular formula is C14H17NO2. The zero-order chi connectivity index (χ0) is 11.9. The molecule has 0 aliphatic carbocycles. The van der Waals surface area contributed by atoms with Crippen LogP contribution in [0.4, 0.5) is 0 Å². The van der Waals surface area contributed by atoms with Gasteiger partial charge in [-0.3, -0.25) is 0 Å². The molecule has 1 saturated heterocycles. The van der Waals surface area contributed by atoms with E-state index in [0.29, 0.717) is 0 Å². The Morgan fingerprint density at radius 2 is 2.06 bits per heavy atom. The number of nitrogens with zero attached hydrogens (tertiary/aromatic N) is 1. The van der Waals surface area contributed by atoms with Crippen LogP contribution in [0.25, 0.3) is 0 Å². The van der Waals surface area contributed by atoms with Gasteiger partial charge in [0.2, 0.25) is 0 Å². The molecule has 2 aliphatic rings. The zero-order valence-corrected chi connectivity index (χ0v) is 10.1. The predicted octanol–water partition coefficient (Wildman–Crippen LogP) is 2.17. The smallest absolute Gasteiger partial charge is 0.339 e. The fourth-order valence-corrected chi connectivity index (χ4v) is 2.96. The topological polar surface area (TPSA) is 29.5 Å². The first kappa shape index (κ1) is 10.8. The fraction of sp³-hybridized carbons (Fsp3) is 0.500. The summed E-state index contributed by atoms with van der Waals surface area (Å²) in [5.41, 5.74) is 1.51. The molecule has 0 aromatic heterocycles. The van der Waals surface area contributed by atoms with Gasteiger partial charge in [0.25, 0.3) is 0 Å². The monoisotopic (exact) mass is 231 g/mol. The number of fused-ring (bicyclic) bond motifs is 2. The van der Waals surface area contributed by atoms with Gasteiger partial charge < -0.3 is 9.64 Å². The summed E-state index contributed by atoms with van der Waals surface area (Å²) in [5, 5.41) is 0. The van der Waals surface area contributed by atoms with E-state index in [1.54, 1.807) is 0 Å². The summed E-state index contributed by atoms with van der Waals surface area (Å²) < 4.78 is 5.72. The van der Waals surface area contributed by atoms with Gasteiger partial charge in [-0.2, -0.15) is 0 Å². The van der Waals surface area contributed by atoms with Crippen LogP contribution in [-0.2, 0) is 10.3 Å². The van der Waals surface area contributed by atoms with Crippen LogP contribution < -0.4 is 0 Å². The maximum Gasteiger partial charge on any atom is 0.339 e. The second-order valence-electron chi connectivity index (χ2n) is 5.09. The van der Waals surface area contributed by atoms with Crippen LogP contribution in [0.2, 0.25) is 0 Å². The summed E-state index contributed by atoms with van der Waals surface area (Å²) in [6.45, 7) is 2.07. The van der Waals surface area contributed by atoms with Gasteiger partial charge in [0.15, 0.2) is 0 Å². The number of esters is 1. The maximum absolute atomic E-state index is 11.9. The van der Waals surface area contributed by atoms with Crippen molar-refractivity contribution in [2.45, 2.75) is 24.9 Å². The van der Waals surface area contributed by atoms with Crippen LogP contribution in [0.3, 0.4) is 0 Å². The van der Waals surface area contributed by atoms with Crippen LogP contribution >= 0.6 is 0 Å². The molecule has 1 spiro atoms. The van der Waals surface area contributed by atoms with E-state index in [1.807, 2.05) is 24.3 Å². The molecule has 0 radical (unpaired) electrons. The van der Waals surface area contributed by atoms with Gasteiger partial charge in [-0.25, -0.2) is 4.79 Å². The molecule has 0 saturated carbocycles. The van der Waals surface area contributed by atoms with E-state index in [0.717, 1.165) is 43.5 Å². The number of ether oxygens (including phenoxy) is 1. The Bertz CT molecular complexity index is 457. The van der Waals surface area contributed by atoms with Gasteiger partial charge in [0.05, 0.1) is 5.56 Å². The van der Waals surface area contributed by atoms with Crippen molar-refractivity contribution in [1.29, 1.82) is 0 Å². The second-order valence-corrected chi connectivity index (χ2v) is 5.09. The van der Waals surface area contributed by atoms with Crippen LogP contribution in [0.15, 0.2) is 24.3 Å². The minimum atomic E-state index is -0.349. The highest BCUT2D eigenvalue weighted by molar-refractivity contribution is 5.94. The van der Waals surface area contributed by atoms with Gasteiger partial charge in [-0.15, -0.1) is 0 Å². The molecule has 2 heterocycles. The van der Waals surface area contributed by atoms with E-state index in [9.17, 15) is 4.79 Å². The third-order valence-corrected chi connectivity index (χ3v) is 3.94. The Balaban J connectivity index is 2.01. The van der Waals surface area contributed by atoms with E-state index in [4.69, 9.17) is 4.74 Å². The predicted molar refractivity (Wildman–Crippen MR) is 64.9 cm³/mol. The first-order valence-electron chi connectivity index (χ1n) is 6.23. The molecule has 1 atom stereocenters. The van der Waals surface area contributed by atoms with E-state index in [2.05, 4.69) is 11.9 Å². The van der Waals surface area contributed by atoms with Gasteiger partial charge in [-0.05, 0) is 32.5 Å². The van der Waals surface area contributed by atoms with Gasteiger partial charge >= 0.3 is 5.97 Å². The third kappa shape index (κ3) is 1.65. The average molecular weight is 231 g/mol. The Morgan fingerprint density at radius 3 is 2.94 bits per heavy atom. The molecule has 3 heteroatoms. The molecule has 1 unspecified atom stereocenters. The molecular weight excluding hydrogens is 214 g/mol. The van der Waals surface area contributed by atoms with Gasteiger partial charge in [0.1, 0.15) is 5.60 Å². The van der Waals surface area contributed by atoms with E-state index >= 15 is 0 Å². The SMILES string of the molecule is CN1CCCC2(CC1)OC(=O)c1ccccc12. The van der Waals surface area contributed by atoms with Crippen molar-refractivity contribution in [3.05, 3.63) is 35.4 Å². The first-order chi connectivity index (χ1) is 8.21. The van der Waals surface area contributed by atoms with Crippen LogP contribution in [0.5, 0.6) is 0 Å². The third-order valence-electron chi connectivity index (χ3n) is 3.94. The molecule has 1 fully saturated rings. The van der Waals surface area contributed by atoms with Gasteiger partial charge in [0, 0.05) is 18.5 Å². The lowest BCUT2D eigenvalue weighted by atomic mass is 9.86. The minimum absolute atomic E-state index is 0.148. The molecule has 90 valence electrons. The van der Waals surface area contributed by atoms with Crippen LogP contribution in [-0.4, -0.2) is 31.0 Å². The van der Waals surface area contributed by atoms with Crippen molar-refractivity contribution >= 4 is 5.97 Å². The molecule has 2 aliphatic heterocycles. The second kappa shape index (κ2) is 3.84. The first-order valence-corrected chi connectivity index (χ1v) is 6.23. The molecule has 0 bridgehead atoms. The number of carbonyl (C=O) groups is 1. The Kier molecular flexibility index (Phi) is 2.44. The van der Waals surface area contributed by atoms with Crippen LogP contribution in [0.1, 0.15) is 35.2 Å². The number of likely N-dealkylation sites (tertiary alicyclic amines) is 1. The number of hydrogen-bond acceptors (Lipinski definition) is 3. The lowest BCUT2D eigenvalue weighted by Gasteiger charge is -2.27. The molecule has 1 aromatic rings. The van der Waals surface area contributed by atoms with Crippen LogP contribution in [0, 0.1) is 0 Å². The van der Waals surface area contributed by atoms with Crippen molar-refractivity contribution in [2.24, 2.45) is 0 Å². The number of hydrogen-bond donors (Lipinski definition) is 0. The van der Waals surface area contributed by atoms with Crippen molar-refractivity contribution in [2.75, 3.05) is 20.1 Å². The summed E-state index contributed by atoms with van der Waals surface area (Å²) >= 11 is 0. The summed E-state index contributed by atoms with van der Waals surface area (Å²) in [4.78, 5) is 14.2. The van der Waals surface area contributed by atoms with Crippen molar-refractivity contribution < 1.29 is 9.53 Å². The minimum Gasteiger partial charge on any atom is -0.450 e. The van der Waals surface area contributed by atoms with Crippen molar-refractivity contribution in [1.82, 2.24) is 4.90 Å². The summed E-state index contributed by atoms with van der Waals surface area (Å²) in [7, 11) is 2.13. The largest absolute Gasteiger partial charge is 0.450 e. The molecule has 0 N–H and O–H groups in total.